The van der Waals surface area contributed by atoms with Gasteiger partial charge in [0.1, 0.15) is 5.03 Å². The Labute approximate surface area is 120 Å². The summed E-state index contributed by atoms with van der Waals surface area (Å²) in [5, 5.41) is 1.11. The first-order valence-corrected chi connectivity index (χ1v) is 8.82. The van der Waals surface area contributed by atoms with Crippen LogP contribution in [-0.4, -0.2) is 9.73 Å². The fraction of sp³-hybridized carbons (Fsp3) is 0.667. The van der Waals surface area contributed by atoms with Gasteiger partial charge in [0.05, 0.1) is 0 Å². The summed E-state index contributed by atoms with van der Waals surface area (Å²) in [6, 6.07) is 6.10. The first-order chi connectivity index (χ1) is 8.41. The summed E-state index contributed by atoms with van der Waals surface area (Å²) in [5.41, 5.74) is 0.419. The highest BCUT2D eigenvalue weighted by atomic mass is 33.1. The zero-order valence-electron chi connectivity index (χ0n) is 12.2. The molecule has 102 valence electrons. The third-order valence-corrected chi connectivity index (χ3v) is 6.82. The van der Waals surface area contributed by atoms with E-state index >= 15 is 0 Å². The number of hydrogen-bond acceptors (Lipinski definition) is 3. The van der Waals surface area contributed by atoms with Gasteiger partial charge in [-0.05, 0) is 48.1 Å². The van der Waals surface area contributed by atoms with Crippen molar-refractivity contribution in [1.29, 1.82) is 0 Å². The standard InChI is InChI=1S/C15H25NS2/c1-6-14(3,4)12-15(5,7-2)18-17-13-10-8-9-11-16-13/h8-11H,6-7,12H2,1-5H3. The molecule has 1 heterocycles. The summed E-state index contributed by atoms with van der Waals surface area (Å²) < 4.78 is 0.321. The smallest absolute Gasteiger partial charge is 0.106 e. The Morgan fingerprint density at radius 2 is 1.83 bits per heavy atom. The first-order valence-electron chi connectivity index (χ1n) is 6.67. The maximum atomic E-state index is 4.37. The summed E-state index contributed by atoms with van der Waals surface area (Å²) in [7, 11) is 3.78. The minimum atomic E-state index is 0.321. The zero-order valence-corrected chi connectivity index (χ0v) is 13.8. The van der Waals surface area contributed by atoms with Gasteiger partial charge >= 0.3 is 0 Å². The van der Waals surface area contributed by atoms with Crippen LogP contribution < -0.4 is 0 Å². The minimum absolute atomic E-state index is 0.321. The van der Waals surface area contributed by atoms with Crippen LogP contribution in [0, 0.1) is 5.41 Å². The maximum Gasteiger partial charge on any atom is 0.106 e. The molecule has 0 radical (unpaired) electrons. The average molecular weight is 284 g/mol. The molecule has 0 N–H and O–H groups in total. The molecule has 1 rings (SSSR count). The Kier molecular flexibility index (Phi) is 6.06. The Hall–Kier alpha value is -0.150. The predicted octanol–water partition coefficient (Wildman–Crippen LogP) is 5.82. The van der Waals surface area contributed by atoms with E-state index in [1.54, 1.807) is 0 Å². The molecule has 0 aliphatic heterocycles. The van der Waals surface area contributed by atoms with Gasteiger partial charge in [-0.3, -0.25) is 0 Å². The molecular formula is C15H25NS2. The van der Waals surface area contributed by atoms with Gasteiger partial charge in [0.15, 0.2) is 0 Å². The molecule has 0 saturated heterocycles. The van der Waals surface area contributed by atoms with E-state index in [4.69, 9.17) is 0 Å². The van der Waals surface area contributed by atoms with Gasteiger partial charge in [-0.2, -0.15) is 0 Å². The van der Waals surface area contributed by atoms with Crippen LogP contribution in [-0.2, 0) is 0 Å². The number of rotatable bonds is 7. The van der Waals surface area contributed by atoms with Crippen LogP contribution in [0.25, 0.3) is 0 Å². The van der Waals surface area contributed by atoms with Gasteiger partial charge in [-0.25, -0.2) is 4.98 Å². The second kappa shape index (κ2) is 6.85. The number of hydrogen-bond donors (Lipinski definition) is 0. The Balaban J connectivity index is 2.60. The number of aromatic nitrogens is 1. The van der Waals surface area contributed by atoms with E-state index in [9.17, 15) is 0 Å². The van der Waals surface area contributed by atoms with E-state index in [0.717, 1.165) is 5.03 Å². The number of nitrogens with zero attached hydrogens (tertiary/aromatic N) is 1. The van der Waals surface area contributed by atoms with Crippen molar-refractivity contribution in [1.82, 2.24) is 4.98 Å². The summed E-state index contributed by atoms with van der Waals surface area (Å²) in [5.74, 6) is 0. The lowest BCUT2D eigenvalue weighted by Crippen LogP contribution is -2.27. The monoisotopic (exact) mass is 283 g/mol. The largest absolute Gasteiger partial charge is 0.249 e. The molecule has 1 aromatic heterocycles. The average Bonchev–Trinajstić information content (AvgIpc) is 2.37. The maximum absolute atomic E-state index is 4.37. The molecule has 3 heteroatoms. The van der Waals surface area contributed by atoms with Crippen LogP contribution in [0.3, 0.4) is 0 Å². The molecule has 0 fully saturated rings. The molecular weight excluding hydrogens is 258 g/mol. The van der Waals surface area contributed by atoms with Crippen molar-refractivity contribution in [2.75, 3.05) is 0 Å². The van der Waals surface area contributed by atoms with Crippen molar-refractivity contribution >= 4 is 21.6 Å². The van der Waals surface area contributed by atoms with Crippen LogP contribution in [0.15, 0.2) is 29.4 Å². The summed E-state index contributed by atoms with van der Waals surface area (Å²) >= 11 is 0. The highest BCUT2D eigenvalue weighted by Gasteiger charge is 2.31. The molecule has 18 heavy (non-hydrogen) atoms. The third-order valence-electron chi connectivity index (χ3n) is 3.52. The van der Waals surface area contributed by atoms with Crippen molar-refractivity contribution in [3.63, 3.8) is 0 Å². The number of pyridine rings is 1. The van der Waals surface area contributed by atoms with E-state index in [0.29, 0.717) is 10.2 Å². The predicted molar refractivity (Wildman–Crippen MR) is 85.1 cm³/mol. The van der Waals surface area contributed by atoms with Crippen molar-refractivity contribution in [3.8, 4) is 0 Å². The van der Waals surface area contributed by atoms with Crippen molar-refractivity contribution < 1.29 is 0 Å². The lowest BCUT2D eigenvalue weighted by Gasteiger charge is -2.35. The quantitative estimate of drug-likeness (QED) is 0.585. The van der Waals surface area contributed by atoms with Crippen molar-refractivity contribution in [3.05, 3.63) is 24.4 Å². The molecule has 1 nitrogen and oxygen atoms in total. The topological polar surface area (TPSA) is 12.9 Å². The molecule has 0 aliphatic rings. The lowest BCUT2D eigenvalue weighted by molar-refractivity contribution is 0.282. The van der Waals surface area contributed by atoms with Gasteiger partial charge in [-0.15, -0.1) is 0 Å². The molecule has 1 atom stereocenters. The minimum Gasteiger partial charge on any atom is -0.249 e. The van der Waals surface area contributed by atoms with E-state index in [1.807, 2.05) is 33.9 Å². The normalized spacial score (nSPS) is 15.4. The molecule has 0 aromatic carbocycles. The summed E-state index contributed by atoms with van der Waals surface area (Å²) in [4.78, 5) is 4.37. The van der Waals surface area contributed by atoms with Crippen LogP contribution in [0.5, 0.6) is 0 Å². The van der Waals surface area contributed by atoms with E-state index in [1.165, 1.54) is 19.3 Å². The fourth-order valence-corrected chi connectivity index (χ4v) is 4.67. The molecule has 0 amide bonds. The van der Waals surface area contributed by atoms with Crippen molar-refractivity contribution in [2.45, 2.75) is 63.7 Å². The van der Waals surface area contributed by atoms with Gasteiger partial charge in [0.2, 0.25) is 0 Å². The highest BCUT2D eigenvalue weighted by molar-refractivity contribution is 8.77. The molecule has 0 saturated carbocycles. The second-order valence-corrected chi connectivity index (χ2v) is 8.57. The SMILES string of the molecule is CCC(C)(C)CC(C)(CC)SSc1ccccn1. The zero-order chi connectivity index (χ0) is 13.6. The highest BCUT2D eigenvalue weighted by Crippen LogP contribution is 2.48. The molecule has 1 unspecified atom stereocenters. The van der Waals surface area contributed by atoms with E-state index < -0.39 is 0 Å². The first kappa shape index (κ1) is 15.9. The second-order valence-electron chi connectivity index (χ2n) is 5.83. The van der Waals surface area contributed by atoms with Gasteiger partial charge in [0.25, 0.3) is 0 Å². The van der Waals surface area contributed by atoms with Crippen LogP contribution in [0.4, 0.5) is 0 Å². The van der Waals surface area contributed by atoms with E-state index in [2.05, 4.69) is 51.7 Å². The van der Waals surface area contributed by atoms with Crippen LogP contribution in [0.2, 0.25) is 0 Å². The van der Waals surface area contributed by atoms with Crippen LogP contribution >= 0.6 is 21.6 Å². The lowest BCUT2D eigenvalue weighted by atomic mass is 9.80. The van der Waals surface area contributed by atoms with Crippen LogP contribution in [0.1, 0.15) is 53.9 Å². The van der Waals surface area contributed by atoms with E-state index in [-0.39, 0.29) is 0 Å². The summed E-state index contributed by atoms with van der Waals surface area (Å²) in [6.07, 6.45) is 5.54. The Morgan fingerprint density at radius 3 is 2.33 bits per heavy atom. The summed E-state index contributed by atoms with van der Waals surface area (Å²) in [6.45, 7) is 11.7. The fourth-order valence-electron chi connectivity index (χ4n) is 1.89. The van der Waals surface area contributed by atoms with Gasteiger partial charge in [0, 0.05) is 10.9 Å². The molecule has 0 bridgehead atoms. The molecule has 0 aliphatic carbocycles. The van der Waals surface area contributed by atoms with Gasteiger partial charge in [-0.1, -0.05) is 51.0 Å². The third kappa shape index (κ3) is 5.23. The Morgan fingerprint density at radius 1 is 1.11 bits per heavy atom. The van der Waals surface area contributed by atoms with Gasteiger partial charge < -0.3 is 0 Å². The molecule has 1 aromatic rings. The Bertz CT molecular complexity index is 351. The molecule has 0 spiro atoms. The van der Waals surface area contributed by atoms with Crippen molar-refractivity contribution in [2.24, 2.45) is 5.41 Å².